The molecule has 0 bridgehead atoms. The van der Waals surface area contributed by atoms with E-state index in [1.165, 1.54) is 0 Å². The molecule has 0 radical (unpaired) electrons. The Bertz CT molecular complexity index is 173. The first-order valence-corrected chi connectivity index (χ1v) is 3.60. The van der Waals surface area contributed by atoms with Gasteiger partial charge in [0.15, 0.2) is 0 Å². The Morgan fingerprint density at radius 1 is 1.29 bits per heavy atom. The molecule has 0 aliphatic rings. The maximum atomic E-state index is 10.2. The van der Waals surface area contributed by atoms with E-state index in [1.807, 2.05) is 0 Å². The van der Waals surface area contributed by atoms with E-state index in [2.05, 4.69) is 4.74 Å². The topological polar surface area (TPSA) is 89.5 Å². The third-order valence-electron chi connectivity index (χ3n) is 1.14. The van der Waals surface area contributed by atoms with Gasteiger partial charge in [-0.3, -0.25) is 0 Å². The molecular weight excluding hydrogens is 242 g/mol. The van der Waals surface area contributed by atoms with Gasteiger partial charge >= 0.3 is 103 Å². The number of carbonyl (C=O) groups is 2. The Labute approximate surface area is 168 Å². The molecular formula is C7H10K2O5. The van der Waals surface area contributed by atoms with Crippen LogP contribution in [0.3, 0.4) is 0 Å². The zero-order valence-corrected chi connectivity index (χ0v) is 15.0. The molecule has 0 amide bonds. The van der Waals surface area contributed by atoms with E-state index >= 15 is 0 Å². The average molecular weight is 252 g/mol. The fourth-order valence-electron chi connectivity index (χ4n) is 0.622. The van der Waals surface area contributed by atoms with Crippen LogP contribution in [0.4, 0.5) is 0 Å². The Hall–Kier alpha value is 2.17. The molecule has 0 fully saturated rings. The molecule has 0 rings (SSSR count). The maximum Gasteiger partial charge on any atom is 1.00 e. The van der Waals surface area contributed by atoms with Crippen LogP contribution in [0.5, 0.6) is 0 Å². The van der Waals surface area contributed by atoms with Gasteiger partial charge in [-0.2, -0.15) is 0 Å². The van der Waals surface area contributed by atoms with Crippen molar-refractivity contribution in [2.45, 2.75) is 25.9 Å². The summed E-state index contributed by atoms with van der Waals surface area (Å²) in [5.74, 6) is -2.98. The second-order valence-electron chi connectivity index (χ2n) is 2.25. The van der Waals surface area contributed by atoms with Crippen molar-refractivity contribution in [1.29, 1.82) is 0 Å². The first-order chi connectivity index (χ1) is 5.57. The molecule has 0 aliphatic heterocycles. The Morgan fingerprint density at radius 3 is 2.07 bits per heavy atom. The Balaban J connectivity index is -0.000000605. The molecule has 0 unspecified atom stereocenters. The molecule has 0 aromatic rings. The van der Waals surface area contributed by atoms with Gasteiger partial charge < -0.3 is 24.5 Å². The molecule has 0 aromatic carbocycles. The van der Waals surface area contributed by atoms with E-state index in [1.54, 1.807) is 6.92 Å². The molecule has 0 N–H and O–H groups in total. The van der Waals surface area contributed by atoms with Crippen LogP contribution in [0.15, 0.2) is 0 Å². The van der Waals surface area contributed by atoms with E-state index in [-0.39, 0.29) is 109 Å². The van der Waals surface area contributed by atoms with Crippen LogP contribution >= 0.6 is 0 Å². The number of aliphatic carboxylic acids is 2. The fraction of sp³-hybridized carbons (Fsp3) is 0.714. The minimum Gasteiger partial charge on any atom is -0.550 e. The summed E-state index contributed by atoms with van der Waals surface area (Å²) in [7, 11) is 0. The molecule has 0 saturated heterocycles. The summed E-state index contributed by atoms with van der Waals surface area (Å²) in [5.41, 5.74) is 0. The molecule has 14 heavy (non-hydrogen) atoms. The predicted molar refractivity (Wildman–Crippen MR) is 34.7 cm³/mol. The summed E-state index contributed by atoms with van der Waals surface area (Å²) in [6, 6.07) is 0. The molecule has 0 aliphatic carbocycles. The van der Waals surface area contributed by atoms with Crippen molar-refractivity contribution < 1.29 is 127 Å². The summed E-state index contributed by atoms with van der Waals surface area (Å²) in [6.07, 6.45) is -1.44. The normalized spacial score (nSPS) is 10.6. The molecule has 7 heteroatoms. The molecule has 70 valence electrons. The van der Waals surface area contributed by atoms with Crippen LogP contribution in [0.25, 0.3) is 0 Å². The zero-order chi connectivity index (χ0) is 9.56. The molecule has 1 atom stereocenters. The molecule has 0 aromatic heterocycles. The van der Waals surface area contributed by atoms with Gasteiger partial charge in [0.1, 0.15) is 6.10 Å². The first kappa shape index (κ1) is 21.5. The van der Waals surface area contributed by atoms with Gasteiger partial charge in [0.25, 0.3) is 0 Å². The van der Waals surface area contributed by atoms with Crippen LogP contribution in [-0.2, 0) is 14.3 Å². The monoisotopic (exact) mass is 252 g/mol. The van der Waals surface area contributed by atoms with E-state index in [4.69, 9.17) is 0 Å². The van der Waals surface area contributed by atoms with E-state index < -0.39 is 24.5 Å². The minimum absolute atomic E-state index is 0. The van der Waals surface area contributed by atoms with Crippen molar-refractivity contribution in [1.82, 2.24) is 0 Å². The smallest absolute Gasteiger partial charge is 0.550 e. The van der Waals surface area contributed by atoms with Gasteiger partial charge in [0.2, 0.25) is 0 Å². The number of hydrogen-bond donors (Lipinski definition) is 0. The van der Waals surface area contributed by atoms with Crippen molar-refractivity contribution in [3.8, 4) is 0 Å². The van der Waals surface area contributed by atoms with Gasteiger partial charge in [-0.1, -0.05) is 6.92 Å². The van der Waals surface area contributed by atoms with E-state index in [0.29, 0.717) is 6.42 Å². The Kier molecular flexibility index (Phi) is 20.3. The molecule has 0 saturated carbocycles. The summed E-state index contributed by atoms with van der Waals surface area (Å²) in [6.45, 7) is 1.98. The van der Waals surface area contributed by atoms with Crippen molar-refractivity contribution in [3.63, 3.8) is 0 Å². The third-order valence-corrected chi connectivity index (χ3v) is 1.14. The van der Waals surface area contributed by atoms with Gasteiger partial charge in [-0.25, -0.2) is 0 Å². The van der Waals surface area contributed by atoms with Crippen LogP contribution in [0.1, 0.15) is 19.8 Å². The van der Waals surface area contributed by atoms with Crippen molar-refractivity contribution in [2.75, 3.05) is 6.61 Å². The summed E-state index contributed by atoms with van der Waals surface area (Å²) in [4.78, 5) is 20.2. The number of hydrogen-bond acceptors (Lipinski definition) is 5. The SMILES string of the molecule is CCCO[C@H](CC(=O)[O-])C(=O)[O-].[K+].[K+]. The summed E-state index contributed by atoms with van der Waals surface area (Å²) in [5, 5.41) is 20.2. The van der Waals surface area contributed by atoms with Gasteiger partial charge in [-0.05, 0) is 6.42 Å². The molecule has 0 spiro atoms. The summed E-state index contributed by atoms with van der Waals surface area (Å²) >= 11 is 0. The van der Waals surface area contributed by atoms with Crippen LogP contribution in [-0.4, -0.2) is 24.6 Å². The van der Waals surface area contributed by atoms with Crippen LogP contribution < -0.4 is 113 Å². The molecule has 5 nitrogen and oxygen atoms in total. The van der Waals surface area contributed by atoms with Crippen LogP contribution in [0.2, 0.25) is 0 Å². The fourth-order valence-corrected chi connectivity index (χ4v) is 0.622. The number of carboxylic acids is 2. The third kappa shape index (κ3) is 12.2. The number of ether oxygens (including phenoxy) is 1. The second kappa shape index (κ2) is 13.2. The molecule has 0 heterocycles. The van der Waals surface area contributed by atoms with Gasteiger partial charge in [-0.15, -0.1) is 0 Å². The van der Waals surface area contributed by atoms with Crippen molar-refractivity contribution >= 4 is 11.9 Å². The quantitative estimate of drug-likeness (QED) is 0.438. The van der Waals surface area contributed by atoms with Crippen molar-refractivity contribution in [3.05, 3.63) is 0 Å². The number of rotatable bonds is 6. The second-order valence-corrected chi connectivity index (χ2v) is 2.25. The zero-order valence-electron chi connectivity index (χ0n) is 8.74. The predicted octanol–water partition coefficient (Wildman–Crippen LogP) is -8.32. The van der Waals surface area contributed by atoms with Gasteiger partial charge in [0, 0.05) is 19.0 Å². The van der Waals surface area contributed by atoms with Crippen molar-refractivity contribution in [2.24, 2.45) is 0 Å². The average Bonchev–Trinajstić information content (AvgIpc) is 1.96. The van der Waals surface area contributed by atoms with E-state index in [9.17, 15) is 19.8 Å². The summed E-state index contributed by atoms with van der Waals surface area (Å²) < 4.78 is 4.68. The van der Waals surface area contributed by atoms with Gasteiger partial charge in [0.05, 0.1) is 5.97 Å². The number of carbonyl (C=O) groups excluding carboxylic acids is 2. The van der Waals surface area contributed by atoms with Crippen LogP contribution in [0, 0.1) is 0 Å². The largest absolute Gasteiger partial charge is 1.00 e. The maximum absolute atomic E-state index is 10.2. The Morgan fingerprint density at radius 2 is 1.79 bits per heavy atom. The minimum atomic E-state index is -1.52. The first-order valence-electron chi connectivity index (χ1n) is 3.60. The standard InChI is InChI=1S/C7H12O5.2K/c1-2-3-12-5(7(10)11)4-6(8)9;;/h5H,2-4H2,1H3,(H,8,9)(H,10,11);;/q;2*+1/p-2/t5-;;/m1../s1. The van der Waals surface area contributed by atoms with E-state index in [0.717, 1.165) is 0 Å². The number of carboxylic acid groups (broad SMARTS) is 2.